The molecule has 0 saturated heterocycles. The minimum absolute atomic E-state index is 0.0694. The number of hydrogen-bond donors (Lipinski definition) is 2. The van der Waals surface area contributed by atoms with Crippen molar-refractivity contribution in [3.8, 4) is 0 Å². The second-order valence-electron chi connectivity index (χ2n) is 5.57. The minimum atomic E-state index is -0.509. The summed E-state index contributed by atoms with van der Waals surface area (Å²) in [6, 6.07) is 9.56. The van der Waals surface area contributed by atoms with Crippen LogP contribution in [0.3, 0.4) is 0 Å². The van der Waals surface area contributed by atoms with E-state index in [1.807, 2.05) is 18.2 Å². The van der Waals surface area contributed by atoms with Gasteiger partial charge in [-0.15, -0.1) is 0 Å². The maximum absolute atomic E-state index is 13.7. The van der Waals surface area contributed by atoms with Crippen molar-refractivity contribution in [2.75, 3.05) is 6.54 Å². The van der Waals surface area contributed by atoms with Gasteiger partial charge in [0.25, 0.3) is 0 Å². The minimum Gasteiger partial charge on any atom is -0.370 e. The lowest BCUT2D eigenvalue weighted by atomic mass is 10.1. The molecule has 120 valence electrons. The topological polar surface area (TPSA) is 63.3 Å². The number of pyridine rings is 1. The molecule has 1 aliphatic carbocycles. The lowest BCUT2D eigenvalue weighted by Gasteiger charge is -2.07. The Bertz CT molecular complexity index is 683. The first-order chi connectivity index (χ1) is 11.1. The number of benzene rings is 1. The Labute approximate surface area is 133 Å². The van der Waals surface area contributed by atoms with Gasteiger partial charge in [-0.25, -0.2) is 8.78 Å². The van der Waals surface area contributed by atoms with Crippen molar-refractivity contribution in [2.45, 2.75) is 24.8 Å². The van der Waals surface area contributed by atoms with Gasteiger partial charge in [0.1, 0.15) is 11.6 Å². The average Bonchev–Trinajstić information content (AvgIpc) is 3.27. The van der Waals surface area contributed by atoms with Gasteiger partial charge >= 0.3 is 0 Å². The predicted molar refractivity (Wildman–Crippen MR) is 85.1 cm³/mol. The first kappa shape index (κ1) is 15.4. The molecule has 2 unspecified atom stereocenters. The molecule has 1 aliphatic rings. The number of nitrogens with zero attached hydrogens (tertiary/aromatic N) is 2. The summed E-state index contributed by atoms with van der Waals surface area (Å²) in [5.41, 5.74) is 6.90. The van der Waals surface area contributed by atoms with Crippen molar-refractivity contribution in [1.82, 2.24) is 10.3 Å². The van der Waals surface area contributed by atoms with E-state index in [0.717, 1.165) is 5.69 Å². The summed E-state index contributed by atoms with van der Waals surface area (Å²) in [5, 5.41) is 3.02. The van der Waals surface area contributed by atoms with Crippen LogP contribution in [0.15, 0.2) is 47.6 Å². The average molecular weight is 316 g/mol. The van der Waals surface area contributed by atoms with Crippen LogP contribution in [0.2, 0.25) is 0 Å². The van der Waals surface area contributed by atoms with Crippen LogP contribution in [0.5, 0.6) is 0 Å². The summed E-state index contributed by atoms with van der Waals surface area (Å²) in [4.78, 5) is 8.43. The van der Waals surface area contributed by atoms with Crippen molar-refractivity contribution in [3.63, 3.8) is 0 Å². The standard InChI is InChI=1S/C17H18F2N4/c18-13-5-3-6-14(19)16(13)12-10-15(12)23-17(20)22-9-7-11-4-1-2-8-21-11/h1-6,8,12,15H,7,9-10H2,(H3,20,22,23). The lowest BCUT2D eigenvalue weighted by molar-refractivity contribution is 0.554. The van der Waals surface area contributed by atoms with Crippen molar-refractivity contribution >= 4 is 5.96 Å². The highest BCUT2D eigenvalue weighted by Gasteiger charge is 2.42. The number of nitrogens with two attached hydrogens (primary N) is 1. The smallest absolute Gasteiger partial charge is 0.188 e. The Hall–Kier alpha value is -2.50. The molecule has 6 heteroatoms. The highest BCUT2D eigenvalue weighted by molar-refractivity contribution is 5.78. The molecule has 0 radical (unpaired) electrons. The van der Waals surface area contributed by atoms with Crippen LogP contribution in [-0.4, -0.2) is 23.5 Å². The summed E-state index contributed by atoms with van der Waals surface area (Å²) in [6.45, 7) is 0.515. The van der Waals surface area contributed by atoms with Crippen LogP contribution in [0.1, 0.15) is 23.6 Å². The second-order valence-corrected chi connectivity index (χ2v) is 5.57. The number of rotatable bonds is 5. The normalized spacial score (nSPS) is 20.3. The van der Waals surface area contributed by atoms with Crippen molar-refractivity contribution in [3.05, 3.63) is 65.5 Å². The largest absolute Gasteiger partial charge is 0.370 e. The molecule has 1 heterocycles. The fourth-order valence-electron chi connectivity index (χ4n) is 2.61. The third-order valence-corrected chi connectivity index (χ3v) is 3.87. The maximum atomic E-state index is 13.7. The van der Waals surface area contributed by atoms with Gasteiger partial charge in [-0.2, -0.15) is 0 Å². The molecular weight excluding hydrogens is 298 g/mol. The van der Waals surface area contributed by atoms with Gasteiger partial charge in [0.2, 0.25) is 0 Å². The number of guanidine groups is 1. The van der Waals surface area contributed by atoms with Crippen LogP contribution in [0, 0.1) is 11.6 Å². The van der Waals surface area contributed by atoms with Crippen molar-refractivity contribution in [1.29, 1.82) is 0 Å². The number of aliphatic imine (C=N–C) groups is 1. The predicted octanol–water partition coefficient (Wildman–Crippen LogP) is 2.36. The van der Waals surface area contributed by atoms with E-state index >= 15 is 0 Å². The van der Waals surface area contributed by atoms with Gasteiger partial charge in [-0.1, -0.05) is 12.1 Å². The van der Waals surface area contributed by atoms with E-state index in [9.17, 15) is 8.78 Å². The Kier molecular flexibility index (Phi) is 4.50. The van der Waals surface area contributed by atoms with E-state index < -0.39 is 11.6 Å². The van der Waals surface area contributed by atoms with Crippen LogP contribution in [0.25, 0.3) is 0 Å². The van der Waals surface area contributed by atoms with E-state index in [4.69, 9.17) is 5.73 Å². The molecule has 1 saturated carbocycles. The third kappa shape index (κ3) is 3.83. The maximum Gasteiger partial charge on any atom is 0.188 e. The molecule has 0 aliphatic heterocycles. The molecule has 23 heavy (non-hydrogen) atoms. The van der Waals surface area contributed by atoms with E-state index in [1.165, 1.54) is 18.2 Å². The van der Waals surface area contributed by atoms with Gasteiger partial charge in [-0.3, -0.25) is 9.98 Å². The van der Waals surface area contributed by atoms with E-state index in [-0.39, 0.29) is 17.5 Å². The number of aromatic nitrogens is 1. The second kappa shape index (κ2) is 6.73. The Balaban J connectivity index is 1.52. The van der Waals surface area contributed by atoms with Gasteiger partial charge in [0, 0.05) is 42.4 Å². The van der Waals surface area contributed by atoms with Gasteiger partial charge in [0.15, 0.2) is 5.96 Å². The molecule has 1 aromatic carbocycles. The number of hydrogen-bond acceptors (Lipinski definition) is 2. The Morgan fingerprint density at radius 3 is 2.70 bits per heavy atom. The molecule has 4 nitrogen and oxygen atoms in total. The molecule has 1 aromatic heterocycles. The highest BCUT2D eigenvalue weighted by atomic mass is 19.1. The molecule has 0 amide bonds. The fourth-order valence-corrected chi connectivity index (χ4v) is 2.61. The van der Waals surface area contributed by atoms with Crippen LogP contribution >= 0.6 is 0 Å². The molecule has 3 N–H and O–H groups in total. The molecule has 0 spiro atoms. The fraction of sp³-hybridized carbons (Fsp3) is 0.294. The Morgan fingerprint density at radius 1 is 1.22 bits per heavy atom. The zero-order chi connectivity index (χ0) is 16.2. The summed E-state index contributed by atoms with van der Waals surface area (Å²) in [5.74, 6) is -0.916. The first-order valence-electron chi connectivity index (χ1n) is 7.55. The first-order valence-corrected chi connectivity index (χ1v) is 7.55. The molecule has 0 bridgehead atoms. The van der Waals surface area contributed by atoms with E-state index in [1.54, 1.807) is 6.20 Å². The molecule has 2 atom stereocenters. The molecule has 1 fully saturated rings. The zero-order valence-electron chi connectivity index (χ0n) is 12.5. The summed E-state index contributed by atoms with van der Waals surface area (Å²) >= 11 is 0. The summed E-state index contributed by atoms with van der Waals surface area (Å²) in [7, 11) is 0. The van der Waals surface area contributed by atoms with Crippen molar-refractivity contribution in [2.24, 2.45) is 10.7 Å². The monoisotopic (exact) mass is 316 g/mol. The van der Waals surface area contributed by atoms with Crippen molar-refractivity contribution < 1.29 is 8.78 Å². The summed E-state index contributed by atoms with van der Waals surface area (Å²) in [6.07, 6.45) is 3.08. The van der Waals surface area contributed by atoms with Gasteiger partial charge < -0.3 is 11.1 Å². The molecular formula is C17H18F2N4. The summed E-state index contributed by atoms with van der Waals surface area (Å²) < 4.78 is 27.4. The highest BCUT2D eigenvalue weighted by Crippen LogP contribution is 2.42. The zero-order valence-corrected chi connectivity index (χ0v) is 12.5. The Morgan fingerprint density at radius 2 is 2.00 bits per heavy atom. The van der Waals surface area contributed by atoms with Crippen LogP contribution in [0.4, 0.5) is 8.78 Å². The van der Waals surface area contributed by atoms with Gasteiger partial charge in [0.05, 0.1) is 0 Å². The van der Waals surface area contributed by atoms with Gasteiger partial charge in [-0.05, 0) is 30.7 Å². The SMILES string of the molecule is NC(=NCCc1ccccn1)NC1CC1c1c(F)cccc1F. The quantitative estimate of drug-likeness (QED) is 0.657. The number of halogens is 2. The van der Waals surface area contributed by atoms with E-state index in [2.05, 4.69) is 15.3 Å². The molecule has 3 rings (SSSR count). The van der Waals surface area contributed by atoms with Crippen LogP contribution in [-0.2, 0) is 6.42 Å². The third-order valence-electron chi connectivity index (χ3n) is 3.87. The molecule has 2 aromatic rings. The van der Waals surface area contributed by atoms with E-state index in [0.29, 0.717) is 25.3 Å². The lowest BCUT2D eigenvalue weighted by Crippen LogP contribution is -2.34. The van der Waals surface area contributed by atoms with Crippen LogP contribution < -0.4 is 11.1 Å². The number of nitrogens with one attached hydrogen (secondary N) is 1.